The Labute approximate surface area is 119 Å². The number of pyridine rings is 1. The van der Waals surface area contributed by atoms with Gasteiger partial charge in [-0.25, -0.2) is 9.97 Å². The molecule has 1 aliphatic rings. The molecule has 0 saturated heterocycles. The van der Waals surface area contributed by atoms with Crippen LogP contribution in [-0.2, 0) is 12.8 Å². The Morgan fingerprint density at radius 3 is 2.95 bits per heavy atom. The van der Waals surface area contributed by atoms with E-state index in [0.29, 0.717) is 15.7 Å². The molecule has 0 amide bonds. The summed E-state index contributed by atoms with van der Waals surface area (Å²) >= 11 is 1.15. The maximum Gasteiger partial charge on any atom is 0.253 e. The van der Waals surface area contributed by atoms with Crippen LogP contribution in [0.4, 0.5) is 5.82 Å². The summed E-state index contributed by atoms with van der Waals surface area (Å²) in [6.45, 7) is 0. The third kappa shape index (κ3) is 2.38. The molecule has 2 aromatic rings. The number of nitriles is 1. The van der Waals surface area contributed by atoms with Crippen molar-refractivity contribution in [3.63, 3.8) is 0 Å². The first kappa shape index (κ1) is 12.7. The summed E-state index contributed by atoms with van der Waals surface area (Å²) in [5.74, 6) is 0.149. The van der Waals surface area contributed by atoms with Crippen molar-refractivity contribution in [1.82, 2.24) is 15.0 Å². The summed E-state index contributed by atoms with van der Waals surface area (Å²) in [5, 5.41) is 10.1. The Hall–Kier alpha value is -2.33. The van der Waals surface area contributed by atoms with Crippen molar-refractivity contribution in [2.75, 3.05) is 5.73 Å². The minimum Gasteiger partial charge on any atom is -0.383 e. The number of aryl methyl sites for hydroxylation is 2. The lowest BCUT2D eigenvalue weighted by molar-refractivity contribution is 0.888. The van der Waals surface area contributed by atoms with Gasteiger partial charge in [0.05, 0.1) is 5.56 Å². The zero-order valence-electron chi connectivity index (χ0n) is 10.5. The molecule has 2 aromatic heterocycles. The quantitative estimate of drug-likeness (QED) is 0.804. The zero-order valence-corrected chi connectivity index (χ0v) is 11.3. The number of hydrogen-bond acceptors (Lipinski definition) is 6. The molecule has 7 heteroatoms. The van der Waals surface area contributed by atoms with Crippen LogP contribution in [0.15, 0.2) is 27.1 Å². The molecule has 0 aliphatic heterocycles. The standard InChI is InChI=1S/C13H11N5OS/c14-6-8-4-7-2-1-3-9(7)16-12(8)20-13-17-10(15)5-11(19)18-13/h4-5H,1-3H2,(H3,15,17,18,19). The fraction of sp³-hybridized carbons (Fsp3) is 0.231. The lowest BCUT2D eigenvalue weighted by Crippen LogP contribution is -2.09. The molecular weight excluding hydrogens is 274 g/mol. The molecule has 0 spiro atoms. The summed E-state index contributed by atoms with van der Waals surface area (Å²) in [6, 6.07) is 5.23. The Morgan fingerprint density at radius 2 is 2.20 bits per heavy atom. The highest BCUT2D eigenvalue weighted by atomic mass is 32.2. The Morgan fingerprint density at radius 1 is 1.35 bits per heavy atom. The number of nitrogen functional groups attached to an aromatic ring is 1. The second kappa shape index (κ2) is 4.98. The van der Waals surface area contributed by atoms with Crippen molar-refractivity contribution in [3.8, 4) is 6.07 Å². The molecule has 0 fully saturated rings. The van der Waals surface area contributed by atoms with Crippen LogP contribution in [0.1, 0.15) is 23.2 Å². The largest absolute Gasteiger partial charge is 0.383 e. The van der Waals surface area contributed by atoms with Crippen molar-refractivity contribution >= 4 is 17.6 Å². The predicted octanol–water partition coefficient (Wildman–Crippen LogP) is 1.26. The molecule has 2 heterocycles. The van der Waals surface area contributed by atoms with Gasteiger partial charge in [-0.3, -0.25) is 4.79 Å². The smallest absolute Gasteiger partial charge is 0.253 e. The van der Waals surface area contributed by atoms with Gasteiger partial charge in [-0.15, -0.1) is 0 Å². The van der Waals surface area contributed by atoms with Gasteiger partial charge < -0.3 is 10.7 Å². The van der Waals surface area contributed by atoms with E-state index < -0.39 is 0 Å². The zero-order chi connectivity index (χ0) is 14.1. The van der Waals surface area contributed by atoms with E-state index in [4.69, 9.17) is 5.73 Å². The molecule has 100 valence electrons. The number of nitrogens with zero attached hydrogens (tertiary/aromatic N) is 3. The molecular formula is C13H11N5OS. The molecule has 0 bridgehead atoms. The van der Waals surface area contributed by atoms with Crippen molar-refractivity contribution in [1.29, 1.82) is 5.26 Å². The van der Waals surface area contributed by atoms with Crippen LogP contribution in [0.5, 0.6) is 0 Å². The van der Waals surface area contributed by atoms with E-state index in [-0.39, 0.29) is 11.4 Å². The van der Waals surface area contributed by atoms with E-state index in [2.05, 4.69) is 21.0 Å². The molecule has 0 unspecified atom stereocenters. The number of rotatable bonds is 2. The maximum absolute atomic E-state index is 11.4. The van der Waals surface area contributed by atoms with E-state index in [1.807, 2.05) is 6.07 Å². The minimum atomic E-state index is -0.320. The fourth-order valence-electron chi connectivity index (χ4n) is 2.20. The van der Waals surface area contributed by atoms with Gasteiger partial charge in [0.1, 0.15) is 16.9 Å². The van der Waals surface area contributed by atoms with Crippen molar-refractivity contribution in [2.24, 2.45) is 0 Å². The van der Waals surface area contributed by atoms with Crippen LogP contribution in [0.2, 0.25) is 0 Å². The molecule has 0 atom stereocenters. The maximum atomic E-state index is 11.4. The second-order valence-corrected chi connectivity index (χ2v) is 5.47. The highest BCUT2D eigenvalue weighted by Gasteiger charge is 2.17. The van der Waals surface area contributed by atoms with Gasteiger partial charge in [-0.05, 0) is 42.7 Å². The summed E-state index contributed by atoms with van der Waals surface area (Å²) in [6.07, 6.45) is 2.96. The van der Waals surface area contributed by atoms with Crippen molar-refractivity contribution < 1.29 is 0 Å². The third-order valence-electron chi connectivity index (χ3n) is 3.07. The van der Waals surface area contributed by atoms with E-state index >= 15 is 0 Å². The highest BCUT2D eigenvalue weighted by Crippen LogP contribution is 2.30. The summed E-state index contributed by atoms with van der Waals surface area (Å²) in [4.78, 5) is 22.5. The molecule has 20 heavy (non-hydrogen) atoms. The van der Waals surface area contributed by atoms with Gasteiger partial charge >= 0.3 is 0 Å². The first-order valence-corrected chi connectivity index (χ1v) is 6.95. The van der Waals surface area contributed by atoms with Crippen LogP contribution >= 0.6 is 11.8 Å². The number of anilines is 1. The van der Waals surface area contributed by atoms with Crippen LogP contribution in [0, 0.1) is 11.3 Å². The molecule has 0 radical (unpaired) electrons. The molecule has 6 nitrogen and oxygen atoms in total. The van der Waals surface area contributed by atoms with E-state index in [1.165, 1.54) is 6.07 Å². The Kier molecular flexibility index (Phi) is 3.16. The SMILES string of the molecule is N#Cc1cc2c(nc1Sc1nc(N)cc(=O)[nH]1)CCC2. The van der Waals surface area contributed by atoms with Gasteiger partial charge in [0.25, 0.3) is 5.56 Å². The first-order chi connectivity index (χ1) is 9.65. The average Bonchev–Trinajstić information content (AvgIpc) is 2.83. The van der Waals surface area contributed by atoms with Gasteiger partial charge in [0, 0.05) is 11.8 Å². The number of aromatic amines is 1. The molecule has 0 aromatic carbocycles. The highest BCUT2D eigenvalue weighted by molar-refractivity contribution is 7.99. The number of aromatic nitrogens is 3. The van der Waals surface area contributed by atoms with Gasteiger partial charge in [0.2, 0.25) is 0 Å². The summed E-state index contributed by atoms with van der Waals surface area (Å²) in [5.41, 5.74) is 7.89. The number of nitrogens with one attached hydrogen (secondary N) is 1. The van der Waals surface area contributed by atoms with E-state index in [1.54, 1.807) is 0 Å². The Balaban J connectivity index is 2.02. The summed E-state index contributed by atoms with van der Waals surface area (Å²) < 4.78 is 0. The van der Waals surface area contributed by atoms with Gasteiger partial charge in [0.15, 0.2) is 5.16 Å². The second-order valence-electron chi connectivity index (χ2n) is 4.49. The lowest BCUT2D eigenvalue weighted by Gasteiger charge is -2.06. The fourth-order valence-corrected chi connectivity index (χ4v) is 3.06. The lowest BCUT2D eigenvalue weighted by atomic mass is 10.2. The first-order valence-electron chi connectivity index (χ1n) is 6.13. The normalized spacial score (nSPS) is 12.9. The van der Waals surface area contributed by atoms with E-state index in [9.17, 15) is 10.1 Å². The number of nitrogens with two attached hydrogens (primary N) is 1. The third-order valence-corrected chi connectivity index (χ3v) is 3.96. The van der Waals surface area contributed by atoms with Crippen LogP contribution in [0.25, 0.3) is 0 Å². The molecule has 3 rings (SSSR count). The van der Waals surface area contributed by atoms with Gasteiger partial charge in [-0.2, -0.15) is 5.26 Å². The van der Waals surface area contributed by atoms with Crippen molar-refractivity contribution in [3.05, 3.63) is 39.3 Å². The van der Waals surface area contributed by atoms with E-state index in [0.717, 1.165) is 42.3 Å². The molecule has 3 N–H and O–H groups in total. The topological polar surface area (TPSA) is 108 Å². The number of fused-ring (bicyclic) bond motifs is 1. The molecule has 0 saturated carbocycles. The number of hydrogen-bond donors (Lipinski definition) is 2. The number of H-pyrrole nitrogens is 1. The Bertz CT molecular complexity index is 777. The summed E-state index contributed by atoms with van der Waals surface area (Å²) in [7, 11) is 0. The predicted molar refractivity (Wildman–Crippen MR) is 74.4 cm³/mol. The van der Waals surface area contributed by atoms with Crippen LogP contribution in [0.3, 0.4) is 0 Å². The van der Waals surface area contributed by atoms with Crippen molar-refractivity contribution in [2.45, 2.75) is 29.4 Å². The average molecular weight is 285 g/mol. The van der Waals surface area contributed by atoms with Crippen LogP contribution in [-0.4, -0.2) is 15.0 Å². The monoisotopic (exact) mass is 285 g/mol. The minimum absolute atomic E-state index is 0.149. The van der Waals surface area contributed by atoms with Gasteiger partial charge in [-0.1, -0.05) is 0 Å². The van der Waals surface area contributed by atoms with Crippen LogP contribution < -0.4 is 11.3 Å². The molecule has 1 aliphatic carbocycles.